The molecule has 0 saturated carbocycles. The van der Waals surface area contributed by atoms with Gasteiger partial charge in [-0.15, -0.1) is 0 Å². The van der Waals surface area contributed by atoms with Crippen LogP contribution >= 0.6 is 0 Å². The molecule has 0 spiro atoms. The molecule has 2 nitrogen and oxygen atoms in total. The molecule has 12 heavy (non-hydrogen) atoms. The zero-order chi connectivity index (χ0) is 9.14. The lowest BCUT2D eigenvalue weighted by molar-refractivity contribution is 0.0989. The van der Waals surface area contributed by atoms with Crippen molar-refractivity contribution in [1.82, 2.24) is 0 Å². The van der Waals surface area contributed by atoms with Crippen LogP contribution in [0.5, 0.6) is 0 Å². The van der Waals surface area contributed by atoms with E-state index in [0.717, 1.165) is 6.07 Å². The summed E-state index contributed by atoms with van der Waals surface area (Å²) in [7, 11) is 0. The Bertz CT molecular complexity index is 309. The quantitative estimate of drug-likeness (QED) is 0.540. The van der Waals surface area contributed by atoms with E-state index in [-0.39, 0.29) is 11.5 Å². The largest absolute Gasteiger partial charge is 0.398 e. The van der Waals surface area contributed by atoms with Crippen LogP contribution in [0.1, 0.15) is 23.7 Å². The zero-order valence-electron chi connectivity index (χ0n) is 6.80. The Hall–Kier alpha value is -1.38. The summed E-state index contributed by atoms with van der Waals surface area (Å²) >= 11 is 0. The van der Waals surface area contributed by atoms with Crippen LogP contribution in [0.2, 0.25) is 0 Å². The maximum atomic E-state index is 12.5. The molecule has 0 amide bonds. The van der Waals surface area contributed by atoms with E-state index in [1.54, 1.807) is 6.92 Å². The van der Waals surface area contributed by atoms with Crippen LogP contribution in [0, 0.1) is 5.82 Å². The molecule has 1 aromatic carbocycles. The number of rotatable bonds is 2. The zero-order valence-corrected chi connectivity index (χ0v) is 6.80. The predicted octanol–water partition coefficient (Wildman–Crippen LogP) is 2.00. The first kappa shape index (κ1) is 8.71. The summed E-state index contributed by atoms with van der Waals surface area (Å²) in [6.07, 6.45) is 0.385. The molecular formula is C9H10FNO. The molecule has 0 aliphatic heterocycles. The number of benzene rings is 1. The third kappa shape index (κ3) is 1.61. The van der Waals surface area contributed by atoms with Crippen molar-refractivity contribution in [3.05, 3.63) is 29.6 Å². The Labute approximate surface area is 70.2 Å². The van der Waals surface area contributed by atoms with Gasteiger partial charge in [0.05, 0.1) is 0 Å². The van der Waals surface area contributed by atoms with E-state index in [1.165, 1.54) is 12.1 Å². The van der Waals surface area contributed by atoms with Crippen LogP contribution in [0.3, 0.4) is 0 Å². The van der Waals surface area contributed by atoms with Gasteiger partial charge in [0.25, 0.3) is 0 Å². The molecule has 0 saturated heterocycles. The molecular weight excluding hydrogens is 157 g/mol. The molecule has 0 atom stereocenters. The van der Waals surface area contributed by atoms with Crippen LogP contribution in [-0.4, -0.2) is 5.78 Å². The molecule has 0 aliphatic rings. The molecule has 0 unspecified atom stereocenters. The van der Waals surface area contributed by atoms with Gasteiger partial charge >= 0.3 is 0 Å². The Kier molecular flexibility index (Phi) is 2.43. The summed E-state index contributed by atoms with van der Waals surface area (Å²) in [4.78, 5) is 11.1. The van der Waals surface area contributed by atoms with E-state index >= 15 is 0 Å². The van der Waals surface area contributed by atoms with Gasteiger partial charge in [-0.25, -0.2) is 4.39 Å². The van der Waals surface area contributed by atoms with Gasteiger partial charge < -0.3 is 5.73 Å². The number of nitrogen functional groups attached to an aromatic ring is 1. The lowest BCUT2D eigenvalue weighted by Gasteiger charge is -2.01. The second-order valence-corrected chi connectivity index (χ2v) is 2.51. The highest BCUT2D eigenvalue weighted by Crippen LogP contribution is 2.14. The average Bonchev–Trinajstić information content (AvgIpc) is 2.03. The third-order valence-electron chi connectivity index (χ3n) is 1.64. The van der Waals surface area contributed by atoms with Crippen molar-refractivity contribution in [3.8, 4) is 0 Å². The van der Waals surface area contributed by atoms with Crippen molar-refractivity contribution in [2.45, 2.75) is 13.3 Å². The third-order valence-corrected chi connectivity index (χ3v) is 1.64. The minimum atomic E-state index is -0.417. The Morgan fingerprint density at radius 1 is 1.58 bits per heavy atom. The summed E-state index contributed by atoms with van der Waals surface area (Å²) in [5, 5.41) is 0. The lowest BCUT2D eigenvalue weighted by atomic mass is 10.1. The first-order valence-electron chi connectivity index (χ1n) is 3.73. The summed E-state index contributed by atoms with van der Waals surface area (Å²) in [6, 6.07) is 3.80. The molecule has 0 aliphatic carbocycles. The van der Waals surface area contributed by atoms with Crippen LogP contribution in [0.15, 0.2) is 18.2 Å². The summed E-state index contributed by atoms with van der Waals surface area (Å²) in [5.41, 5.74) is 6.05. The second-order valence-electron chi connectivity index (χ2n) is 2.51. The minimum Gasteiger partial charge on any atom is -0.398 e. The Balaban J connectivity index is 3.09. The fourth-order valence-corrected chi connectivity index (χ4v) is 0.978. The topological polar surface area (TPSA) is 43.1 Å². The van der Waals surface area contributed by atoms with Gasteiger partial charge in [-0.1, -0.05) is 6.92 Å². The van der Waals surface area contributed by atoms with Gasteiger partial charge in [-0.2, -0.15) is 0 Å². The van der Waals surface area contributed by atoms with Crippen molar-refractivity contribution < 1.29 is 9.18 Å². The highest BCUT2D eigenvalue weighted by Gasteiger charge is 2.07. The van der Waals surface area contributed by atoms with Gasteiger partial charge in [0, 0.05) is 17.7 Å². The fourth-order valence-electron chi connectivity index (χ4n) is 0.978. The SMILES string of the molecule is CCC(=O)c1ccc(F)cc1N. The van der Waals surface area contributed by atoms with Crippen molar-refractivity contribution in [1.29, 1.82) is 0 Å². The maximum Gasteiger partial charge on any atom is 0.164 e. The molecule has 1 rings (SSSR count). The average molecular weight is 167 g/mol. The highest BCUT2D eigenvalue weighted by molar-refractivity contribution is 6.00. The Morgan fingerprint density at radius 3 is 2.75 bits per heavy atom. The molecule has 1 aromatic rings. The van der Waals surface area contributed by atoms with E-state index in [0.29, 0.717) is 12.0 Å². The van der Waals surface area contributed by atoms with E-state index in [9.17, 15) is 9.18 Å². The summed E-state index contributed by atoms with van der Waals surface area (Å²) in [6.45, 7) is 1.74. The van der Waals surface area contributed by atoms with E-state index in [1.807, 2.05) is 0 Å². The molecule has 0 radical (unpaired) electrons. The number of carbonyl (C=O) groups is 1. The second kappa shape index (κ2) is 3.34. The first-order valence-corrected chi connectivity index (χ1v) is 3.73. The van der Waals surface area contributed by atoms with Gasteiger partial charge in [0.15, 0.2) is 5.78 Å². The fraction of sp³-hybridized carbons (Fsp3) is 0.222. The standard InChI is InChI=1S/C9H10FNO/c1-2-9(12)7-4-3-6(10)5-8(7)11/h3-5H,2,11H2,1H3. The van der Waals surface area contributed by atoms with Crippen molar-refractivity contribution in [2.24, 2.45) is 0 Å². The summed E-state index contributed by atoms with van der Waals surface area (Å²) in [5.74, 6) is -0.479. The molecule has 3 heteroatoms. The van der Waals surface area contributed by atoms with Gasteiger partial charge in [0.2, 0.25) is 0 Å². The van der Waals surface area contributed by atoms with Gasteiger partial charge in [-0.3, -0.25) is 4.79 Å². The van der Waals surface area contributed by atoms with Crippen molar-refractivity contribution in [3.63, 3.8) is 0 Å². The predicted molar refractivity (Wildman–Crippen MR) is 45.4 cm³/mol. The first-order chi connectivity index (χ1) is 5.65. The number of halogens is 1. The maximum absolute atomic E-state index is 12.5. The monoisotopic (exact) mass is 167 g/mol. The van der Waals surface area contributed by atoms with Crippen molar-refractivity contribution in [2.75, 3.05) is 5.73 Å². The molecule has 0 heterocycles. The molecule has 0 aromatic heterocycles. The van der Waals surface area contributed by atoms with Crippen molar-refractivity contribution >= 4 is 11.5 Å². The smallest absolute Gasteiger partial charge is 0.164 e. The molecule has 0 bridgehead atoms. The lowest BCUT2D eigenvalue weighted by Crippen LogP contribution is -2.02. The normalized spacial score (nSPS) is 9.83. The van der Waals surface area contributed by atoms with Crippen LogP contribution < -0.4 is 5.73 Å². The number of nitrogens with two attached hydrogens (primary N) is 1. The minimum absolute atomic E-state index is 0.0625. The number of Topliss-reactive ketones (excluding diaryl/α,β-unsaturated/α-hetero) is 1. The van der Waals surface area contributed by atoms with Crippen LogP contribution in [-0.2, 0) is 0 Å². The van der Waals surface area contributed by atoms with E-state index in [4.69, 9.17) is 5.73 Å². The van der Waals surface area contributed by atoms with Gasteiger partial charge in [0.1, 0.15) is 5.82 Å². The number of carbonyl (C=O) groups excluding carboxylic acids is 1. The van der Waals surface area contributed by atoms with Crippen LogP contribution in [0.25, 0.3) is 0 Å². The Morgan fingerprint density at radius 2 is 2.25 bits per heavy atom. The molecule has 64 valence electrons. The highest BCUT2D eigenvalue weighted by atomic mass is 19.1. The molecule has 0 fully saturated rings. The number of hydrogen-bond acceptors (Lipinski definition) is 2. The van der Waals surface area contributed by atoms with Crippen LogP contribution in [0.4, 0.5) is 10.1 Å². The van der Waals surface area contributed by atoms with E-state index in [2.05, 4.69) is 0 Å². The number of ketones is 1. The number of hydrogen-bond donors (Lipinski definition) is 1. The van der Waals surface area contributed by atoms with Gasteiger partial charge in [-0.05, 0) is 18.2 Å². The van der Waals surface area contributed by atoms with E-state index < -0.39 is 5.82 Å². The summed E-state index contributed by atoms with van der Waals surface area (Å²) < 4.78 is 12.5. The number of anilines is 1. The molecule has 2 N–H and O–H groups in total.